The summed E-state index contributed by atoms with van der Waals surface area (Å²) < 4.78 is 5.85. The van der Waals surface area contributed by atoms with Gasteiger partial charge in [0.2, 0.25) is 5.60 Å². The van der Waals surface area contributed by atoms with Gasteiger partial charge in [-0.1, -0.05) is 25.1 Å². The van der Waals surface area contributed by atoms with Gasteiger partial charge < -0.3 is 9.84 Å². The Labute approximate surface area is 101 Å². The van der Waals surface area contributed by atoms with E-state index < -0.39 is 11.6 Å². The van der Waals surface area contributed by atoms with Gasteiger partial charge in [-0.15, -0.1) is 0 Å². The first-order chi connectivity index (χ1) is 8.18. The molecule has 1 aromatic rings. The van der Waals surface area contributed by atoms with Crippen LogP contribution in [0.4, 0.5) is 0 Å². The first-order valence-electron chi connectivity index (χ1n) is 6.18. The fourth-order valence-electron chi connectivity index (χ4n) is 2.41. The van der Waals surface area contributed by atoms with Gasteiger partial charge in [-0.05, 0) is 43.7 Å². The summed E-state index contributed by atoms with van der Waals surface area (Å²) >= 11 is 0. The molecule has 1 aliphatic rings. The molecule has 0 unspecified atom stereocenters. The third-order valence-corrected chi connectivity index (χ3v) is 3.46. The minimum atomic E-state index is -0.995. The Bertz CT molecular complexity index is 406. The van der Waals surface area contributed by atoms with E-state index in [0.29, 0.717) is 12.8 Å². The number of carboxylic acids is 1. The van der Waals surface area contributed by atoms with E-state index in [0.717, 1.165) is 30.6 Å². The molecule has 0 heterocycles. The highest BCUT2D eigenvalue weighted by atomic mass is 16.5. The zero-order chi connectivity index (χ0) is 12.3. The largest absolute Gasteiger partial charge is 0.478 e. The molecule has 1 saturated carbocycles. The molecular weight excluding hydrogens is 216 g/mol. The Balaban J connectivity index is 2.26. The van der Waals surface area contributed by atoms with Crippen molar-refractivity contribution in [2.45, 2.75) is 44.6 Å². The number of hydrogen-bond acceptors (Lipinski definition) is 2. The van der Waals surface area contributed by atoms with Crippen molar-refractivity contribution in [3.05, 3.63) is 29.8 Å². The predicted octanol–water partition coefficient (Wildman–Crippen LogP) is 3.03. The average molecular weight is 234 g/mol. The van der Waals surface area contributed by atoms with E-state index in [4.69, 9.17) is 4.74 Å². The van der Waals surface area contributed by atoms with Crippen LogP contribution in [0.1, 0.15) is 38.2 Å². The molecule has 1 aromatic carbocycles. The summed E-state index contributed by atoms with van der Waals surface area (Å²) in [5.74, 6) is -0.111. The summed E-state index contributed by atoms with van der Waals surface area (Å²) in [5.41, 5.74) is 0.0747. The van der Waals surface area contributed by atoms with Gasteiger partial charge in [0, 0.05) is 0 Å². The van der Waals surface area contributed by atoms with Crippen LogP contribution in [-0.4, -0.2) is 16.7 Å². The highest BCUT2D eigenvalue weighted by Gasteiger charge is 2.44. The Morgan fingerprint density at radius 1 is 1.35 bits per heavy atom. The molecule has 2 rings (SSSR count). The Kier molecular flexibility index (Phi) is 3.36. The predicted molar refractivity (Wildman–Crippen MR) is 65.3 cm³/mol. The second kappa shape index (κ2) is 4.78. The Morgan fingerprint density at radius 2 is 2.00 bits per heavy atom. The Hall–Kier alpha value is -1.51. The Morgan fingerprint density at radius 3 is 2.59 bits per heavy atom. The summed E-state index contributed by atoms with van der Waals surface area (Å²) in [7, 11) is 0. The molecule has 3 heteroatoms. The van der Waals surface area contributed by atoms with Gasteiger partial charge in [0.1, 0.15) is 5.75 Å². The van der Waals surface area contributed by atoms with Crippen LogP contribution in [0.2, 0.25) is 0 Å². The zero-order valence-electron chi connectivity index (χ0n) is 10.1. The van der Waals surface area contributed by atoms with Gasteiger partial charge in [0.25, 0.3) is 0 Å². The monoisotopic (exact) mass is 234 g/mol. The fraction of sp³-hybridized carbons (Fsp3) is 0.500. The summed E-state index contributed by atoms with van der Waals surface area (Å²) in [5, 5.41) is 9.36. The van der Waals surface area contributed by atoms with Crippen molar-refractivity contribution in [1.82, 2.24) is 0 Å². The van der Waals surface area contributed by atoms with Crippen molar-refractivity contribution in [2.75, 3.05) is 0 Å². The number of carboxylic acid groups (broad SMARTS) is 1. The molecule has 0 aliphatic heterocycles. The van der Waals surface area contributed by atoms with Gasteiger partial charge >= 0.3 is 5.97 Å². The molecule has 3 nitrogen and oxygen atoms in total. The van der Waals surface area contributed by atoms with E-state index in [1.807, 2.05) is 31.2 Å². The van der Waals surface area contributed by atoms with Crippen LogP contribution in [0.5, 0.6) is 5.75 Å². The quantitative estimate of drug-likeness (QED) is 0.871. The fourth-order valence-corrected chi connectivity index (χ4v) is 2.41. The van der Waals surface area contributed by atoms with Crippen LogP contribution < -0.4 is 4.74 Å². The van der Waals surface area contributed by atoms with Gasteiger partial charge in [-0.3, -0.25) is 0 Å². The van der Waals surface area contributed by atoms with E-state index in [1.54, 1.807) is 0 Å². The molecule has 1 fully saturated rings. The molecule has 0 saturated heterocycles. The van der Waals surface area contributed by atoms with E-state index >= 15 is 0 Å². The standard InChI is InChI=1S/C14H18O3/c1-2-11-7-3-4-8-12(11)17-14(13(15)16)9-5-6-10-14/h3-4,7-8H,2,5-6,9-10H2,1H3,(H,15,16). The van der Waals surface area contributed by atoms with Crippen molar-refractivity contribution in [2.24, 2.45) is 0 Å². The van der Waals surface area contributed by atoms with Crippen LogP contribution in [-0.2, 0) is 11.2 Å². The first kappa shape index (κ1) is 12.0. The lowest BCUT2D eigenvalue weighted by atomic mass is 10.0. The number of aliphatic carboxylic acids is 1. The molecule has 0 radical (unpaired) electrons. The topological polar surface area (TPSA) is 46.5 Å². The van der Waals surface area contributed by atoms with Crippen molar-refractivity contribution >= 4 is 5.97 Å². The maximum absolute atomic E-state index is 11.4. The molecule has 0 atom stereocenters. The second-order valence-electron chi connectivity index (χ2n) is 4.57. The lowest BCUT2D eigenvalue weighted by Crippen LogP contribution is -2.41. The van der Waals surface area contributed by atoms with Gasteiger partial charge in [-0.2, -0.15) is 0 Å². The number of hydrogen-bond donors (Lipinski definition) is 1. The number of para-hydroxylation sites is 1. The molecule has 1 N–H and O–H groups in total. The number of aryl methyl sites for hydroxylation is 1. The van der Waals surface area contributed by atoms with Crippen molar-refractivity contribution in [3.63, 3.8) is 0 Å². The minimum Gasteiger partial charge on any atom is -0.478 e. The molecule has 0 spiro atoms. The molecule has 0 amide bonds. The van der Waals surface area contributed by atoms with Crippen molar-refractivity contribution in [3.8, 4) is 5.75 Å². The van der Waals surface area contributed by atoms with Gasteiger partial charge in [0.05, 0.1) is 0 Å². The third kappa shape index (κ3) is 2.28. The summed E-state index contributed by atoms with van der Waals surface area (Å²) in [6.07, 6.45) is 3.94. The third-order valence-electron chi connectivity index (χ3n) is 3.46. The highest BCUT2D eigenvalue weighted by molar-refractivity contribution is 5.78. The second-order valence-corrected chi connectivity index (χ2v) is 4.57. The van der Waals surface area contributed by atoms with E-state index in [2.05, 4.69) is 0 Å². The van der Waals surface area contributed by atoms with E-state index in [-0.39, 0.29) is 0 Å². The molecule has 17 heavy (non-hydrogen) atoms. The highest BCUT2D eigenvalue weighted by Crippen LogP contribution is 2.36. The first-order valence-corrected chi connectivity index (χ1v) is 6.18. The molecule has 1 aliphatic carbocycles. The minimum absolute atomic E-state index is 0.611. The van der Waals surface area contributed by atoms with Crippen molar-refractivity contribution in [1.29, 1.82) is 0 Å². The van der Waals surface area contributed by atoms with Gasteiger partial charge in [0.15, 0.2) is 0 Å². The number of rotatable bonds is 4. The van der Waals surface area contributed by atoms with Gasteiger partial charge in [-0.25, -0.2) is 4.79 Å². The van der Waals surface area contributed by atoms with Crippen LogP contribution in [0.25, 0.3) is 0 Å². The number of carbonyl (C=O) groups is 1. The number of benzene rings is 1. The maximum atomic E-state index is 11.4. The van der Waals surface area contributed by atoms with Crippen molar-refractivity contribution < 1.29 is 14.6 Å². The average Bonchev–Trinajstić information content (AvgIpc) is 2.80. The lowest BCUT2D eigenvalue weighted by molar-refractivity contribution is -0.154. The van der Waals surface area contributed by atoms with E-state index in [1.165, 1.54) is 0 Å². The number of ether oxygens (including phenoxy) is 1. The summed E-state index contributed by atoms with van der Waals surface area (Å²) in [6.45, 7) is 2.05. The van der Waals surface area contributed by atoms with Crippen LogP contribution in [0, 0.1) is 0 Å². The summed E-state index contributed by atoms with van der Waals surface area (Å²) in [6, 6.07) is 7.69. The lowest BCUT2D eigenvalue weighted by Gasteiger charge is -2.26. The van der Waals surface area contributed by atoms with Crippen LogP contribution >= 0.6 is 0 Å². The maximum Gasteiger partial charge on any atom is 0.348 e. The van der Waals surface area contributed by atoms with Crippen LogP contribution in [0.3, 0.4) is 0 Å². The molecule has 0 aromatic heterocycles. The molecule has 92 valence electrons. The SMILES string of the molecule is CCc1ccccc1OC1(C(=O)O)CCCC1. The normalized spacial score (nSPS) is 17.9. The van der Waals surface area contributed by atoms with E-state index in [9.17, 15) is 9.90 Å². The molecular formula is C14H18O3. The zero-order valence-corrected chi connectivity index (χ0v) is 10.1. The smallest absolute Gasteiger partial charge is 0.348 e. The summed E-state index contributed by atoms with van der Waals surface area (Å²) in [4.78, 5) is 11.4. The molecule has 0 bridgehead atoms. The van der Waals surface area contributed by atoms with Crippen LogP contribution in [0.15, 0.2) is 24.3 Å².